The quantitative estimate of drug-likeness (QED) is 0.583. The molecule has 1 saturated heterocycles. The summed E-state index contributed by atoms with van der Waals surface area (Å²) in [5, 5.41) is 0. The number of hydrogen-bond donors (Lipinski definition) is 0. The molecule has 0 radical (unpaired) electrons. The molecule has 0 aromatic heterocycles. The highest BCUT2D eigenvalue weighted by atomic mass is 32.2. The molecule has 0 spiro atoms. The summed E-state index contributed by atoms with van der Waals surface area (Å²) >= 11 is 1.93. The van der Waals surface area contributed by atoms with Gasteiger partial charge in [-0.2, -0.15) is 0 Å². The lowest BCUT2D eigenvalue weighted by Crippen LogP contribution is -2.07. The van der Waals surface area contributed by atoms with E-state index in [1.807, 2.05) is 11.9 Å². The zero-order valence-corrected chi connectivity index (χ0v) is 11.1. The average molecular weight is 255 g/mol. The van der Waals surface area contributed by atoms with Crippen molar-refractivity contribution in [2.75, 3.05) is 12.4 Å². The van der Waals surface area contributed by atoms with Crippen LogP contribution < -0.4 is 0 Å². The lowest BCUT2D eigenvalue weighted by Gasteiger charge is -2.18. The molecule has 0 bridgehead atoms. The number of hydrogen-bond acceptors (Lipinski definition) is 2. The molecule has 92 valence electrons. The zero-order valence-electron chi connectivity index (χ0n) is 10.3. The van der Waals surface area contributed by atoms with Gasteiger partial charge < -0.3 is 0 Å². The molecule has 0 aliphatic carbocycles. The molecule has 0 N–H and O–H groups in total. The Morgan fingerprint density at radius 2 is 1.39 bits per heavy atom. The highest BCUT2D eigenvalue weighted by molar-refractivity contribution is 8.02. The van der Waals surface area contributed by atoms with Gasteiger partial charge in [0.25, 0.3) is 0 Å². The fourth-order valence-electron chi connectivity index (χ4n) is 2.34. The maximum atomic E-state index is 2.42. The second-order valence-electron chi connectivity index (χ2n) is 4.63. The van der Waals surface area contributed by atoms with Gasteiger partial charge in [0.1, 0.15) is 0 Å². The molecule has 2 aromatic rings. The van der Waals surface area contributed by atoms with Crippen LogP contribution in [0.25, 0.3) is 0 Å². The van der Waals surface area contributed by atoms with E-state index in [0.717, 1.165) is 0 Å². The van der Waals surface area contributed by atoms with Crippen LogP contribution in [0.2, 0.25) is 0 Å². The van der Waals surface area contributed by atoms with E-state index in [0.29, 0.717) is 5.92 Å². The normalized spacial score (nSPS) is 17.9. The predicted octanol–water partition coefficient (Wildman–Crippen LogP) is 4.13. The predicted molar refractivity (Wildman–Crippen MR) is 78.5 cm³/mol. The fourth-order valence-corrected chi connectivity index (χ4v) is 2.78. The van der Waals surface area contributed by atoms with Gasteiger partial charge in [-0.1, -0.05) is 72.6 Å². The Kier molecular flexibility index (Phi) is 3.67. The lowest BCUT2D eigenvalue weighted by atomic mass is 9.88. The molecule has 1 atom stereocenters. The Labute approximate surface area is 113 Å². The first-order valence-electron chi connectivity index (χ1n) is 6.41. The lowest BCUT2D eigenvalue weighted by molar-refractivity contribution is 0.562. The minimum atomic E-state index is 0.522. The maximum absolute atomic E-state index is 2.42. The molecule has 1 unspecified atom stereocenters. The van der Waals surface area contributed by atoms with Crippen molar-refractivity contribution in [3.63, 3.8) is 0 Å². The number of nitrogens with zero attached hydrogens (tertiary/aromatic N) is 1. The molecule has 1 nitrogen and oxygen atoms in total. The van der Waals surface area contributed by atoms with Crippen LogP contribution >= 0.6 is 11.9 Å². The minimum Gasteiger partial charge on any atom is -0.238 e. The van der Waals surface area contributed by atoms with Crippen LogP contribution in [0, 0.1) is 0 Å². The van der Waals surface area contributed by atoms with Gasteiger partial charge in [0.05, 0.1) is 5.88 Å². The summed E-state index contributed by atoms with van der Waals surface area (Å²) < 4.78 is 2.42. The third-order valence-corrected chi connectivity index (χ3v) is 4.19. The third-order valence-electron chi connectivity index (χ3n) is 3.38. The SMILES string of the molecule is c1ccc(C(CCN2CS2)c2ccccc2)cc1. The van der Waals surface area contributed by atoms with Gasteiger partial charge in [-0.15, -0.1) is 0 Å². The molecular formula is C16H17NS. The van der Waals surface area contributed by atoms with E-state index in [4.69, 9.17) is 0 Å². The molecule has 0 amide bonds. The first kappa shape index (κ1) is 11.8. The van der Waals surface area contributed by atoms with Gasteiger partial charge >= 0.3 is 0 Å². The van der Waals surface area contributed by atoms with Gasteiger partial charge in [0, 0.05) is 12.5 Å². The smallest absolute Gasteiger partial charge is 0.0694 e. The maximum Gasteiger partial charge on any atom is 0.0694 e. The summed E-state index contributed by atoms with van der Waals surface area (Å²) in [6, 6.07) is 21.7. The van der Waals surface area contributed by atoms with Crippen molar-refractivity contribution < 1.29 is 0 Å². The Balaban J connectivity index is 1.83. The minimum absolute atomic E-state index is 0.522. The van der Waals surface area contributed by atoms with Gasteiger partial charge in [0.2, 0.25) is 0 Å². The molecular weight excluding hydrogens is 238 g/mol. The second-order valence-corrected chi connectivity index (χ2v) is 5.66. The molecule has 3 rings (SSSR count). The fraction of sp³-hybridized carbons (Fsp3) is 0.250. The third kappa shape index (κ3) is 2.95. The van der Waals surface area contributed by atoms with Crippen molar-refractivity contribution in [2.24, 2.45) is 0 Å². The summed E-state index contributed by atoms with van der Waals surface area (Å²) in [6.45, 7) is 1.18. The van der Waals surface area contributed by atoms with Crippen LogP contribution in [0.5, 0.6) is 0 Å². The van der Waals surface area contributed by atoms with Crippen LogP contribution in [0.3, 0.4) is 0 Å². The van der Waals surface area contributed by atoms with Crippen molar-refractivity contribution in [1.29, 1.82) is 0 Å². The van der Waals surface area contributed by atoms with Gasteiger partial charge in [-0.3, -0.25) is 0 Å². The molecule has 18 heavy (non-hydrogen) atoms. The first-order chi connectivity index (χ1) is 8.93. The Morgan fingerprint density at radius 1 is 0.889 bits per heavy atom. The van der Waals surface area contributed by atoms with Crippen LogP contribution in [-0.2, 0) is 0 Å². The van der Waals surface area contributed by atoms with E-state index < -0.39 is 0 Å². The van der Waals surface area contributed by atoms with Crippen LogP contribution in [-0.4, -0.2) is 16.7 Å². The monoisotopic (exact) mass is 255 g/mol. The first-order valence-corrected chi connectivity index (χ1v) is 7.35. The summed E-state index contributed by atoms with van der Waals surface area (Å²) in [5.41, 5.74) is 2.85. The molecule has 2 aromatic carbocycles. The van der Waals surface area contributed by atoms with E-state index in [1.54, 1.807) is 0 Å². The van der Waals surface area contributed by atoms with Crippen LogP contribution in [0.15, 0.2) is 60.7 Å². The van der Waals surface area contributed by atoms with E-state index in [2.05, 4.69) is 65.0 Å². The molecule has 1 fully saturated rings. The van der Waals surface area contributed by atoms with Crippen molar-refractivity contribution in [3.8, 4) is 0 Å². The van der Waals surface area contributed by atoms with Crippen molar-refractivity contribution >= 4 is 11.9 Å². The summed E-state index contributed by atoms with van der Waals surface area (Å²) in [5.74, 6) is 1.73. The Morgan fingerprint density at radius 3 is 1.83 bits per heavy atom. The molecule has 1 aliphatic heterocycles. The summed E-state index contributed by atoms with van der Waals surface area (Å²) in [6.07, 6.45) is 1.20. The number of rotatable bonds is 5. The topological polar surface area (TPSA) is 3.01 Å². The van der Waals surface area contributed by atoms with E-state index >= 15 is 0 Å². The van der Waals surface area contributed by atoms with Gasteiger partial charge in [-0.05, 0) is 17.5 Å². The standard InChI is InChI=1S/C16H17NS/c1-3-7-14(8-4-1)16(11-12-17-13-18-17)15-9-5-2-6-10-15/h1-10,16H,11-13H2. The molecule has 0 saturated carbocycles. The number of benzene rings is 2. The summed E-state index contributed by atoms with van der Waals surface area (Å²) in [4.78, 5) is 0. The van der Waals surface area contributed by atoms with E-state index in [9.17, 15) is 0 Å². The van der Waals surface area contributed by atoms with Crippen LogP contribution in [0.1, 0.15) is 23.5 Å². The average Bonchev–Trinajstić information content (AvgIpc) is 3.26. The van der Waals surface area contributed by atoms with E-state index in [1.165, 1.54) is 30.0 Å². The largest absolute Gasteiger partial charge is 0.238 e. The Hall–Kier alpha value is -1.25. The van der Waals surface area contributed by atoms with Gasteiger partial charge in [0.15, 0.2) is 0 Å². The molecule has 1 heterocycles. The summed E-state index contributed by atoms with van der Waals surface area (Å²) in [7, 11) is 0. The molecule has 1 aliphatic rings. The molecule has 2 heteroatoms. The van der Waals surface area contributed by atoms with Crippen molar-refractivity contribution in [3.05, 3.63) is 71.8 Å². The second kappa shape index (κ2) is 5.59. The van der Waals surface area contributed by atoms with E-state index in [-0.39, 0.29) is 0 Å². The zero-order chi connectivity index (χ0) is 12.2. The van der Waals surface area contributed by atoms with Crippen LogP contribution in [0.4, 0.5) is 0 Å². The Bertz CT molecular complexity index is 439. The van der Waals surface area contributed by atoms with Crippen molar-refractivity contribution in [1.82, 2.24) is 4.31 Å². The van der Waals surface area contributed by atoms with Gasteiger partial charge in [-0.25, -0.2) is 4.31 Å². The van der Waals surface area contributed by atoms with Crippen molar-refractivity contribution in [2.45, 2.75) is 12.3 Å². The highest BCUT2D eigenvalue weighted by Crippen LogP contribution is 2.33. The highest BCUT2D eigenvalue weighted by Gasteiger charge is 2.21.